The van der Waals surface area contributed by atoms with Crippen LogP contribution in [0.2, 0.25) is 0 Å². The summed E-state index contributed by atoms with van der Waals surface area (Å²) in [6.45, 7) is 1.19. The van der Waals surface area contributed by atoms with E-state index < -0.39 is 5.97 Å². The number of benzene rings is 1. The highest BCUT2D eigenvalue weighted by Gasteiger charge is 2.13. The zero-order chi connectivity index (χ0) is 15.8. The lowest BCUT2D eigenvalue weighted by molar-refractivity contribution is 0.0600. The van der Waals surface area contributed by atoms with Crippen LogP contribution < -0.4 is 10.5 Å². The van der Waals surface area contributed by atoms with E-state index in [9.17, 15) is 4.79 Å². The number of hydrogen-bond acceptors (Lipinski definition) is 6. The Balaban J connectivity index is 3.11. The van der Waals surface area contributed by atoms with Gasteiger partial charge in [-0.3, -0.25) is 0 Å². The predicted molar refractivity (Wildman–Crippen MR) is 82.8 cm³/mol. The van der Waals surface area contributed by atoms with Crippen molar-refractivity contribution in [2.75, 3.05) is 34.4 Å². The molecule has 0 spiro atoms. The molecule has 21 heavy (non-hydrogen) atoms. The van der Waals surface area contributed by atoms with E-state index in [1.807, 2.05) is 19.0 Å². The first kappa shape index (κ1) is 16.7. The molecule has 0 atom stereocenters. The maximum atomic E-state index is 11.6. The third kappa shape index (κ3) is 4.61. The number of methoxy groups -OCH3 is 1. The fourth-order valence-corrected chi connectivity index (χ4v) is 1.68. The number of nitrogens with two attached hydrogens (primary N) is 1. The molecule has 1 aromatic carbocycles. The topological polar surface area (TPSA) is 88.6 Å². The molecule has 0 radical (unpaired) electrons. The zero-order valence-corrected chi connectivity index (χ0v) is 12.6. The van der Waals surface area contributed by atoms with Gasteiger partial charge in [0.15, 0.2) is 0 Å². The smallest absolute Gasteiger partial charge is 0.337 e. The number of carbonyl (C=O) groups is 1. The van der Waals surface area contributed by atoms with Crippen molar-refractivity contribution in [3.05, 3.63) is 35.5 Å². The van der Waals surface area contributed by atoms with Crippen molar-refractivity contribution < 1.29 is 14.3 Å². The second-order valence-corrected chi connectivity index (χ2v) is 4.62. The first-order valence-corrected chi connectivity index (χ1v) is 6.46. The van der Waals surface area contributed by atoms with Crippen LogP contribution in [0.25, 0.3) is 5.57 Å². The molecule has 0 aliphatic heterocycles. The highest BCUT2D eigenvalue weighted by atomic mass is 16.5. The number of esters is 1. The quantitative estimate of drug-likeness (QED) is 0.585. The maximum Gasteiger partial charge on any atom is 0.337 e. The Kier molecular flexibility index (Phi) is 6.42. The number of likely N-dealkylation sites (N-methyl/N-ethyl adjacent to an activating group) is 1. The first-order chi connectivity index (χ1) is 10.0. The standard InChI is InChI=1S/C15H21N3O3/c1-18(2)6-7-21-14-8-11(15(19)20-3)4-5-13(14)12(9-16)10-17/h4-5,8-10,16H,6-7,17H2,1-3H3/b12-10+,16-9?. The molecule has 0 aromatic heterocycles. The van der Waals surface area contributed by atoms with Crippen LogP contribution in [0, 0.1) is 5.41 Å². The van der Waals surface area contributed by atoms with E-state index in [4.69, 9.17) is 20.6 Å². The van der Waals surface area contributed by atoms with Crippen molar-refractivity contribution in [3.8, 4) is 5.75 Å². The van der Waals surface area contributed by atoms with E-state index in [-0.39, 0.29) is 0 Å². The minimum Gasteiger partial charge on any atom is -0.492 e. The van der Waals surface area contributed by atoms with Crippen molar-refractivity contribution in [1.29, 1.82) is 5.41 Å². The number of nitrogens with zero attached hydrogens (tertiary/aromatic N) is 1. The summed E-state index contributed by atoms with van der Waals surface area (Å²) < 4.78 is 10.4. The van der Waals surface area contributed by atoms with Crippen LogP contribution in [-0.2, 0) is 4.74 Å². The van der Waals surface area contributed by atoms with Crippen LogP contribution in [0.5, 0.6) is 5.75 Å². The number of hydrogen-bond donors (Lipinski definition) is 2. The van der Waals surface area contributed by atoms with Crippen molar-refractivity contribution in [2.24, 2.45) is 5.73 Å². The van der Waals surface area contributed by atoms with Gasteiger partial charge in [-0.15, -0.1) is 0 Å². The van der Waals surface area contributed by atoms with E-state index in [2.05, 4.69) is 0 Å². The van der Waals surface area contributed by atoms with E-state index >= 15 is 0 Å². The zero-order valence-electron chi connectivity index (χ0n) is 12.6. The van der Waals surface area contributed by atoms with E-state index in [1.54, 1.807) is 18.2 Å². The van der Waals surface area contributed by atoms with Gasteiger partial charge >= 0.3 is 5.97 Å². The Morgan fingerprint density at radius 2 is 2.14 bits per heavy atom. The van der Waals surface area contributed by atoms with Gasteiger partial charge in [-0.2, -0.15) is 0 Å². The largest absolute Gasteiger partial charge is 0.492 e. The highest BCUT2D eigenvalue weighted by Crippen LogP contribution is 2.26. The molecule has 114 valence electrons. The summed E-state index contributed by atoms with van der Waals surface area (Å²) in [4.78, 5) is 13.6. The van der Waals surface area contributed by atoms with Gasteiger partial charge in [0.05, 0.1) is 12.7 Å². The van der Waals surface area contributed by atoms with E-state index in [1.165, 1.54) is 13.3 Å². The number of nitrogens with one attached hydrogen (secondary N) is 1. The van der Waals surface area contributed by atoms with E-state index in [0.717, 1.165) is 12.8 Å². The summed E-state index contributed by atoms with van der Waals surface area (Å²) in [5.41, 5.74) is 7.09. The van der Waals surface area contributed by atoms with Crippen LogP contribution >= 0.6 is 0 Å². The summed E-state index contributed by atoms with van der Waals surface area (Å²) >= 11 is 0. The molecule has 0 saturated heterocycles. The molecule has 6 nitrogen and oxygen atoms in total. The van der Waals surface area contributed by atoms with Gasteiger partial charge in [0.25, 0.3) is 0 Å². The molecule has 3 N–H and O–H groups in total. The van der Waals surface area contributed by atoms with Gasteiger partial charge in [-0.25, -0.2) is 4.79 Å². The third-order valence-electron chi connectivity index (χ3n) is 2.84. The number of allylic oxidation sites excluding steroid dienone is 1. The van der Waals surface area contributed by atoms with Crippen LogP contribution in [0.3, 0.4) is 0 Å². The number of carbonyl (C=O) groups excluding carboxylic acids is 1. The predicted octanol–water partition coefficient (Wildman–Crippen LogP) is 1.36. The summed E-state index contributed by atoms with van der Waals surface area (Å²) in [7, 11) is 5.21. The summed E-state index contributed by atoms with van der Waals surface area (Å²) in [5.74, 6) is 0.0621. The van der Waals surface area contributed by atoms with Crippen LogP contribution in [0.1, 0.15) is 15.9 Å². The molecule has 0 aliphatic rings. The monoisotopic (exact) mass is 291 g/mol. The fraction of sp³-hybridized carbons (Fsp3) is 0.333. The average molecular weight is 291 g/mol. The van der Waals surface area contributed by atoms with Crippen LogP contribution in [0.15, 0.2) is 24.4 Å². The molecule has 0 amide bonds. The second-order valence-electron chi connectivity index (χ2n) is 4.62. The molecule has 1 rings (SSSR count). The summed E-state index contributed by atoms with van der Waals surface area (Å²) in [6.07, 6.45) is 2.48. The van der Waals surface area contributed by atoms with Gasteiger partial charge in [-0.1, -0.05) is 0 Å². The van der Waals surface area contributed by atoms with Gasteiger partial charge in [0.2, 0.25) is 0 Å². The Hall–Kier alpha value is -2.34. The SMILES string of the molecule is COC(=O)c1ccc(/C(C=N)=C/N)c(OCCN(C)C)c1. The second kappa shape index (κ2) is 8.06. The summed E-state index contributed by atoms with van der Waals surface area (Å²) in [5, 5.41) is 7.38. The Labute approximate surface area is 124 Å². The minimum atomic E-state index is -0.438. The van der Waals surface area contributed by atoms with Crippen molar-refractivity contribution in [2.45, 2.75) is 0 Å². The fourth-order valence-electron chi connectivity index (χ4n) is 1.68. The van der Waals surface area contributed by atoms with Crippen LogP contribution in [-0.4, -0.2) is 51.4 Å². The van der Waals surface area contributed by atoms with Crippen molar-refractivity contribution in [1.82, 2.24) is 4.90 Å². The number of ether oxygens (including phenoxy) is 2. The molecule has 1 aromatic rings. The Morgan fingerprint density at radius 1 is 1.43 bits per heavy atom. The summed E-state index contributed by atoms with van der Waals surface area (Å²) in [6, 6.07) is 4.91. The molecular formula is C15H21N3O3. The Bertz CT molecular complexity index is 539. The van der Waals surface area contributed by atoms with E-state index in [0.29, 0.717) is 29.1 Å². The van der Waals surface area contributed by atoms with Crippen LogP contribution in [0.4, 0.5) is 0 Å². The molecule has 0 unspecified atom stereocenters. The van der Waals surface area contributed by atoms with Gasteiger partial charge in [-0.05, 0) is 32.3 Å². The minimum absolute atomic E-state index is 0.391. The Morgan fingerprint density at radius 3 is 2.67 bits per heavy atom. The average Bonchev–Trinajstić information content (AvgIpc) is 2.48. The lowest BCUT2D eigenvalue weighted by atomic mass is 10.0. The molecule has 0 aliphatic carbocycles. The molecule has 0 heterocycles. The molecular weight excluding hydrogens is 270 g/mol. The molecule has 0 saturated carbocycles. The lowest BCUT2D eigenvalue weighted by Crippen LogP contribution is -2.20. The lowest BCUT2D eigenvalue weighted by Gasteiger charge is -2.15. The van der Waals surface area contributed by atoms with Crippen molar-refractivity contribution >= 4 is 17.8 Å². The molecule has 0 bridgehead atoms. The highest BCUT2D eigenvalue weighted by molar-refractivity contribution is 6.09. The molecule has 0 fully saturated rings. The number of rotatable bonds is 7. The first-order valence-electron chi connectivity index (χ1n) is 6.46. The normalized spacial score (nSPS) is 11.3. The van der Waals surface area contributed by atoms with Gasteiger partial charge < -0.3 is 25.5 Å². The van der Waals surface area contributed by atoms with Gasteiger partial charge in [0.1, 0.15) is 12.4 Å². The third-order valence-corrected chi connectivity index (χ3v) is 2.84. The maximum absolute atomic E-state index is 11.6. The molecule has 6 heteroatoms. The van der Waals surface area contributed by atoms with Gasteiger partial charge in [0, 0.05) is 30.1 Å². The van der Waals surface area contributed by atoms with Crippen molar-refractivity contribution in [3.63, 3.8) is 0 Å².